The maximum Gasteiger partial charge on any atom is 0.113 e. The normalized spacial score (nSPS) is 10.4. The standard InChI is InChI=1S/C10H9BrClN3S/c1-6-2-7(3-15-10(6)11)13-5-9-14-4-8(12)16-9/h2-4,13H,5H2,1H3. The fourth-order valence-electron chi connectivity index (χ4n) is 1.20. The Hall–Kier alpha value is -0.650. The third kappa shape index (κ3) is 2.93. The molecule has 0 unspecified atom stereocenters. The van der Waals surface area contributed by atoms with Gasteiger partial charge in [-0.25, -0.2) is 9.97 Å². The monoisotopic (exact) mass is 317 g/mol. The van der Waals surface area contributed by atoms with Gasteiger partial charge in [-0.1, -0.05) is 11.6 Å². The third-order valence-corrected chi connectivity index (χ3v) is 3.93. The second-order valence-corrected chi connectivity index (χ2v) is 5.74. The average molecular weight is 319 g/mol. The number of hydrogen-bond acceptors (Lipinski definition) is 4. The molecule has 2 heterocycles. The topological polar surface area (TPSA) is 37.8 Å². The van der Waals surface area contributed by atoms with Gasteiger partial charge in [0, 0.05) is 0 Å². The number of aromatic nitrogens is 2. The summed E-state index contributed by atoms with van der Waals surface area (Å²) in [6.07, 6.45) is 3.45. The summed E-state index contributed by atoms with van der Waals surface area (Å²) in [4.78, 5) is 8.37. The number of aryl methyl sites for hydroxylation is 1. The van der Waals surface area contributed by atoms with Gasteiger partial charge in [-0.15, -0.1) is 11.3 Å². The zero-order chi connectivity index (χ0) is 11.5. The minimum absolute atomic E-state index is 0.667. The Morgan fingerprint density at radius 3 is 2.88 bits per heavy atom. The summed E-state index contributed by atoms with van der Waals surface area (Å²) in [5, 5.41) is 4.21. The summed E-state index contributed by atoms with van der Waals surface area (Å²) in [5.74, 6) is 0. The van der Waals surface area contributed by atoms with Crippen LogP contribution in [0.3, 0.4) is 0 Å². The van der Waals surface area contributed by atoms with Gasteiger partial charge < -0.3 is 5.32 Å². The Balaban J connectivity index is 2.02. The van der Waals surface area contributed by atoms with Gasteiger partial charge in [-0.2, -0.15) is 0 Å². The molecule has 0 saturated heterocycles. The molecule has 1 N–H and O–H groups in total. The zero-order valence-electron chi connectivity index (χ0n) is 8.50. The van der Waals surface area contributed by atoms with Gasteiger partial charge in [-0.05, 0) is 34.5 Å². The summed E-state index contributed by atoms with van der Waals surface area (Å²) in [6, 6.07) is 2.03. The van der Waals surface area contributed by atoms with Crippen LogP contribution < -0.4 is 5.32 Å². The van der Waals surface area contributed by atoms with E-state index < -0.39 is 0 Å². The van der Waals surface area contributed by atoms with Crippen LogP contribution in [-0.4, -0.2) is 9.97 Å². The van der Waals surface area contributed by atoms with E-state index >= 15 is 0 Å². The van der Waals surface area contributed by atoms with E-state index in [1.807, 2.05) is 13.0 Å². The van der Waals surface area contributed by atoms with Gasteiger partial charge in [-0.3, -0.25) is 0 Å². The van der Waals surface area contributed by atoms with Crippen LogP contribution in [-0.2, 0) is 6.54 Å². The number of hydrogen-bond donors (Lipinski definition) is 1. The van der Waals surface area contributed by atoms with Crippen LogP contribution >= 0.6 is 38.9 Å². The molecule has 0 bridgehead atoms. The molecule has 16 heavy (non-hydrogen) atoms. The number of nitrogens with zero attached hydrogens (tertiary/aromatic N) is 2. The van der Waals surface area contributed by atoms with Crippen molar-refractivity contribution in [3.63, 3.8) is 0 Å². The van der Waals surface area contributed by atoms with E-state index in [4.69, 9.17) is 11.6 Å². The van der Waals surface area contributed by atoms with E-state index in [-0.39, 0.29) is 0 Å². The molecule has 0 atom stereocenters. The van der Waals surface area contributed by atoms with Crippen molar-refractivity contribution in [2.24, 2.45) is 0 Å². The van der Waals surface area contributed by atoms with Gasteiger partial charge in [0.1, 0.15) is 13.9 Å². The highest BCUT2D eigenvalue weighted by Crippen LogP contribution is 2.20. The number of anilines is 1. The molecule has 0 radical (unpaired) electrons. The summed E-state index contributed by atoms with van der Waals surface area (Å²) in [6.45, 7) is 2.67. The van der Waals surface area contributed by atoms with Crippen LogP contribution in [0.25, 0.3) is 0 Å². The number of rotatable bonds is 3. The predicted molar refractivity (Wildman–Crippen MR) is 71.1 cm³/mol. The maximum absolute atomic E-state index is 5.80. The molecule has 2 rings (SSSR count). The second-order valence-electron chi connectivity index (χ2n) is 3.24. The van der Waals surface area contributed by atoms with Crippen molar-refractivity contribution in [1.82, 2.24) is 9.97 Å². The van der Waals surface area contributed by atoms with Crippen LogP contribution in [0.15, 0.2) is 23.1 Å². The molecule has 0 aliphatic heterocycles. The summed E-state index contributed by atoms with van der Waals surface area (Å²) >= 11 is 10.6. The van der Waals surface area contributed by atoms with Gasteiger partial charge >= 0.3 is 0 Å². The van der Waals surface area contributed by atoms with E-state index in [2.05, 4.69) is 31.2 Å². The molecule has 3 nitrogen and oxygen atoms in total. The first-order valence-electron chi connectivity index (χ1n) is 4.61. The first kappa shape index (κ1) is 11.8. The highest BCUT2D eigenvalue weighted by molar-refractivity contribution is 9.10. The first-order valence-corrected chi connectivity index (χ1v) is 6.60. The molecule has 2 aromatic rings. The molecule has 0 aliphatic carbocycles. The van der Waals surface area contributed by atoms with E-state index in [1.165, 1.54) is 11.3 Å². The molecule has 2 aromatic heterocycles. The Labute approximate surface area is 111 Å². The largest absolute Gasteiger partial charge is 0.377 e. The molecule has 84 valence electrons. The van der Waals surface area contributed by atoms with E-state index in [0.717, 1.165) is 20.9 Å². The van der Waals surface area contributed by atoms with Crippen molar-refractivity contribution in [3.8, 4) is 0 Å². The van der Waals surface area contributed by atoms with Crippen molar-refractivity contribution >= 4 is 44.6 Å². The average Bonchev–Trinajstić information content (AvgIpc) is 2.66. The lowest BCUT2D eigenvalue weighted by Crippen LogP contribution is -1.99. The fourth-order valence-corrected chi connectivity index (χ4v) is 2.32. The number of nitrogens with one attached hydrogen (secondary N) is 1. The number of thiazole rings is 1. The Bertz CT molecular complexity index is 501. The van der Waals surface area contributed by atoms with E-state index in [0.29, 0.717) is 10.9 Å². The third-order valence-electron chi connectivity index (χ3n) is 1.98. The molecular weight excluding hydrogens is 310 g/mol. The lowest BCUT2D eigenvalue weighted by Gasteiger charge is -2.05. The smallest absolute Gasteiger partial charge is 0.113 e. The fraction of sp³-hybridized carbons (Fsp3) is 0.200. The molecule has 0 spiro atoms. The van der Waals surface area contributed by atoms with Gasteiger partial charge in [0.25, 0.3) is 0 Å². The van der Waals surface area contributed by atoms with Crippen LogP contribution in [0, 0.1) is 6.92 Å². The van der Waals surface area contributed by atoms with Gasteiger partial charge in [0.15, 0.2) is 0 Å². The SMILES string of the molecule is Cc1cc(NCc2ncc(Cl)s2)cnc1Br. The maximum atomic E-state index is 5.80. The molecule has 0 aromatic carbocycles. The minimum Gasteiger partial charge on any atom is -0.377 e. The highest BCUT2D eigenvalue weighted by Gasteiger charge is 2.01. The first-order chi connectivity index (χ1) is 7.65. The highest BCUT2D eigenvalue weighted by atomic mass is 79.9. The number of pyridine rings is 1. The molecule has 0 amide bonds. The van der Waals surface area contributed by atoms with Crippen molar-refractivity contribution in [2.45, 2.75) is 13.5 Å². The van der Waals surface area contributed by atoms with Crippen LogP contribution in [0.4, 0.5) is 5.69 Å². The van der Waals surface area contributed by atoms with Crippen molar-refractivity contribution in [2.75, 3.05) is 5.32 Å². The molecular formula is C10H9BrClN3S. The Kier molecular flexibility index (Phi) is 3.78. The molecule has 0 fully saturated rings. The van der Waals surface area contributed by atoms with Crippen molar-refractivity contribution in [1.29, 1.82) is 0 Å². The number of halogens is 2. The Morgan fingerprint density at radius 1 is 1.44 bits per heavy atom. The summed E-state index contributed by atoms with van der Waals surface area (Å²) in [5.41, 5.74) is 2.08. The van der Waals surface area contributed by atoms with Crippen LogP contribution in [0.5, 0.6) is 0 Å². The molecule has 0 saturated carbocycles. The summed E-state index contributed by atoms with van der Waals surface area (Å²) < 4.78 is 1.58. The van der Waals surface area contributed by atoms with Crippen molar-refractivity contribution in [3.05, 3.63) is 38.0 Å². The lowest BCUT2D eigenvalue weighted by molar-refractivity contribution is 1.09. The zero-order valence-corrected chi connectivity index (χ0v) is 11.7. The quantitative estimate of drug-likeness (QED) is 0.873. The van der Waals surface area contributed by atoms with Crippen LogP contribution in [0.2, 0.25) is 4.34 Å². The van der Waals surface area contributed by atoms with E-state index in [9.17, 15) is 0 Å². The molecule has 6 heteroatoms. The van der Waals surface area contributed by atoms with Crippen molar-refractivity contribution < 1.29 is 0 Å². The van der Waals surface area contributed by atoms with Gasteiger partial charge in [0.05, 0.1) is 24.6 Å². The summed E-state index contributed by atoms with van der Waals surface area (Å²) in [7, 11) is 0. The second kappa shape index (κ2) is 5.12. The van der Waals surface area contributed by atoms with E-state index in [1.54, 1.807) is 12.4 Å². The molecule has 0 aliphatic rings. The minimum atomic E-state index is 0.667. The van der Waals surface area contributed by atoms with Crippen LogP contribution in [0.1, 0.15) is 10.6 Å². The Morgan fingerprint density at radius 2 is 2.25 bits per heavy atom. The predicted octanol–water partition coefficient (Wildman–Crippen LogP) is 3.87. The lowest BCUT2D eigenvalue weighted by atomic mass is 10.3. The van der Waals surface area contributed by atoms with Gasteiger partial charge in [0.2, 0.25) is 0 Å².